The van der Waals surface area contributed by atoms with Gasteiger partial charge in [0, 0.05) is 11.3 Å². The number of halogens is 4. The van der Waals surface area contributed by atoms with E-state index in [-0.39, 0.29) is 35.6 Å². The van der Waals surface area contributed by atoms with Gasteiger partial charge >= 0.3 is 6.18 Å². The van der Waals surface area contributed by atoms with Crippen LogP contribution in [0.25, 0.3) is 0 Å². The van der Waals surface area contributed by atoms with Crippen molar-refractivity contribution in [2.45, 2.75) is 26.9 Å². The van der Waals surface area contributed by atoms with Gasteiger partial charge < -0.3 is 10.3 Å². The molecule has 0 atom stereocenters. The van der Waals surface area contributed by atoms with Gasteiger partial charge in [-0.15, -0.1) is 0 Å². The van der Waals surface area contributed by atoms with Crippen molar-refractivity contribution < 1.29 is 27.7 Å². The molecular weight excluding hydrogens is 385 g/mol. The van der Waals surface area contributed by atoms with Crippen molar-refractivity contribution in [2.24, 2.45) is 0 Å². The lowest BCUT2D eigenvalue weighted by Crippen LogP contribution is -2.30. The van der Waals surface area contributed by atoms with Crippen molar-refractivity contribution in [3.05, 3.63) is 45.4 Å². The summed E-state index contributed by atoms with van der Waals surface area (Å²) in [6.07, 6.45) is -3.68. The molecule has 0 saturated heterocycles. The number of aromatic nitrogens is 2. The summed E-state index contributed by atoms with van der Waals surface area (Å²) in [4.78, 5) is 29.2. The Labute approximate surface area is 158 Å². The largest absolute Gasteiger partial charge is 0.419 e. The van der Waals surface area contributed by atoms with Crippen LogP contribution >= 0.6 is 11.6 Å². The summed E-state index contributed by atoms with van der Waals surface area (Å²) in [7, 11) is 0. The Morgan fingerprint density at radius 3 is 2.44 bits per heavy atom. The van der Waals surface area contributed by atoms with E-state index >= 15 is 0 Å². The van der Waals surface area contributed by atoms with Crippen molar-refractivity contribution in [3.8, 4) is 0 Å². The maximum atomic E-state index is 12.6. The lowest BCUT2D eigenvalue weighted by Gasteiger charge is -2.07. The first-order chi connectivity index (χ1) is 12.5. The Hall–Kier alpha value is -2.55. The summed E-state index contributed by atoms with van der Waals surface area (Å²) in [6, 6.07) is 0.813. The first-order valence-electron chi connectivity index (χ1n) is 8.03. The number of nitrogens with one attached hydrogen (secondary N) is 4. The van der Waals surface area contributed by atoms with Gasteiger partial charge in [-0.3, -0.25) is 14.9 Å². The Balaban J connectivity index is 1.93. The summed E-state index contributed by atoms with van der Waals surface area (Å²) in [6.45, 7) is 5.25. The smallest absolute Gasteiger partial charge is 0.354 e. The molecule has 0 bridgehead atoms. The van der Waals surface area contributed by atoms with E-state index in [1.807, 2.05) is 0 Å². The number of pyridine rings is 1. The molecule has 6 nitrogen and oxygen atoms in total. The third-order valence-corrected chi connectivity index (χ3v) is 4.25. The molecule has 1 amide bonds. The van der Waals surface area contributed by atoms with Gasteiger partial charge in [-0.05, 0) is 32.4 Å². The van der Waals surface area contributed by atoms with E-state index in [9.17, 15) is 22.8 Å². The van der Waals surface area contributed by atoms with E-state index < -0.39 is 11.7 Å². The van der Waals surface area contributed by atoms with Crippen LogP contribution in [0.4, 0.5) is 19.0 Å². The van der Waals surface area contributed by atoms with Gasteiger partial charge in [0.1, 0.15) is 23.5 Å². The topological polar surface area (TPSA) is 88.1 Å². The predicted octanol–water partition coefficient (Wildman–Crippen LogP) is 3.16. The highest BCUT2D eigenvalue weighted by Gasteiger charge is 2.32. The Morgan fingerprint density at radius 2 is 1.93 bits per heavy atom. The molecule has 27 heavy (non-hydrogen) atoms. The first-order valence-corrected chi connectivity index (χ1v) is 8.40. The number of hydrogen-bond donors (Lipinski definition) is 3. The van der Waals surface area contributed by atoms with Crippen LogP contribution in [0.2, 0.25) is 5.02 Å². The maximum absolute atomic E-state index is 12.6. The second kappa shape index (κ2) is 7.99. The second-order valence-electron chi connectivity index (χ2n) is 5.97. The van der Waals surface area contributed by atoms with Crippen LogP contribution in [0.3, 0.4) is 0 Å². The average molecular weight is 404 g/mol. The highest BCUT2D eigenvalue weighted by Crippen LogP contribution is 2.31. The highest BCUT2D eigenvalue weighted by atomic mass is 35.5. The molecule has 0 spiro atoms. The fourth-order valence-electron chi connectivity index (χ4n) is 2.73. The zero-order chi connectivity index (χ0) is 20.4. The lowest BCUT2D eigenvalue weighted by atomic mass is 10.1. The zero-order valence-electron chi connectivity index (χ0n) is 14.9. The molecule has 0 aromatic carbocycles. The number of ketones is 1. The van der Waals surface area contributed by atoms with E-state index in [2.05, 4.69) is 20.6 Å². The number of amides is 1. The number of hydrogen-bond acceptors (Lipinski definition) is 3. The summed E-state index contributed by atoms with van der Waals surface area (Å²) in [5.74, 6) is -0.300. The summed E-state index contributed by atoms with van der Waals surface area (Å²) < 4.78 is 37.8. The van der Waals surface area contributed by atoms with Crippen LogP contribution in [0.5, 0.6) is 0 Å². The molecule has 10 heteroatoms. The van der Waals surface area contributed by atoms with Crippen LogP contribution in [0.15, 0.2) is 12.3 Å². The van der Waals surface area contributed by atoms with Crippen molar-refractivity contribution in [2.75, 3.05) is 18.4 Å². The van der Waals surface area contributed by atoms with E-state index in [4.69, 9.17) is 11.6 Å². The zero-order valence-corrected chi connectivity index (χ0v) is 15.7. The fraction of sp³-hybridized carbons (Fsp3) is 0.353. The van der Waals surface area contributed by atoms with Gasteiger partial charge in [-0.2, -0.15) is 13.2 Å². The van der Waals surface area contributed by atoms with Crippen LogP contribution in [-0.2, 0) is 6.18 Å². The highest BCUT2D eigenvalue weighted by molar-refractivity contribution is 6.32. The molecule has 2 rings (SSSR count). The molecule has 0 aliphatic carbocycles. The minimum absolute atomic E-state index is 0.113. The molecule has 0 aliphatic heterocycles. The molecule has 146 valence electrons. The van der Waals surface area contributed by atoms with Crippen molar-refractivity contribution in [1.29, 1.82) is 0 Å². The molecule has 0 unspecified atom stereocenters. The van der Waals surface area contributed by atoms with Gasteiger partial charge in [-0.25, -0.2) is 4.98 Å². The summed E-state index contributed by atoms with van der Waals surface area (Å²) in [5.41, 5.74) is 1.10. The fourth-order valence-corrected chi connectivity index (χ4v) is 2.96. The van der Waals surface area contributed by atoms with Gasteiger partial charge in [0.15, 0.2) is 5.78 Å². The van der Waals surface area contributed by atoms with Crippen LogP contribution in [-0.4, -0.2) is 29.8 Å². The number of alkyl halides is 3. The van der Waals surface area contributed by atoms with Gasteiger partial charge in [0.25, 0.3) is 11.7 Å². The molecule has 2 aromatic heterocycles. The van der Waals surface area contributed by atoms with E-state index in [0.29, 0.717) is 22.5 Å². The molecule has 0 fully saturated rings. The monoisotopic (exact) mass is 403 g/mol. The van der Waals surface area contributed by atoms with Gasteiger partial charge in [0.2, 0.25) is 0 Å². The van der Waals surface area contributed by atoms with Crippen LogP contribution in [0.1, 0.15) is 44.6 Å². The number of carbonyl (C=O) groups is 2. The van der Waals surface area contributed by atoms with E-state index in [1.165, 1.54) is 6.92 Å². The van der Waals surface area contributed by atoms with Crippen LogP contribution < -0.4 is 15.6 Å². The minimum atomic E-state index is -4.49. The summed E-state index contributed by atoms with van der Waals surface area (Å²) >= 11 is 5.83. The number of H-pyrrole nitrogens is 2. The Kier molecular flexibility index (Phi) is 6.15. The SMILES string of the molecule is CC(=O)c1c(C)[nH]c(C(=O)NCCNc2[nH+]cc(C(F)(F)F)cc2Cl)c1C. The van der Waals surface area contributed by atoms with E-state index in [1.54, 1.807) is 13.8 Å². The quantitative estimate of drug-likeness (QED) is 0.511. The predicted molar refractivity (Wildman–Crippen MR) is 94.1 cm³/mol. The van der Waals surface area contributed by atoms with Crippen molar-refractivity contribution >= 4 is 29.1 Å². The lowest BCUT2D eigenvalue weighted by molar-refractivity contribution is -0.364. The molecule has 0 radical (unpaired) electrons. The Morgan fingerprint density at radius 1 is 1.26 bits per heavy atom. The second-order valence-corrected chi connectivity index (χ2v) is 6.38. The molecule has 0 saturated carbocycles. The molecular formula is C17H19ClF3N4O2+. The average Bonchev–Trinajstić information content (AvgIpc) is 2.86. The number of carbonyl (C=O) groups excluding carboxylic acids is 2. The third-order valence-electron chi connectivity index (χ3n) is 3.95. The molecule has 2 aromatic rings. The number of anilines is 1. The number of rotatable bonds is 6. The number of Topliss-reactive ketones (excluding diaryl/α,β-unsaturated/α-hetero) is 1. The third kappa shape index (κ3) is 4.79. The number of aromatic amines is 2. The minimum Gasteiger partial charge on any atom is -0.354 e. The van der Waals surface area contributed by atoms with Crippen molar-refractivity contribution in [1.82, 2.24) is 10.3 Å². The number of aryl methyl sites for hydroxylation is 1. The Bertz CT molecular complexity index is 878. The molecule has 0 aliphatic rings. The maximum Gasteiger partial charge on any atom is 0.419 e. The van der Waals surface area contributed by atoms with Gasteiger partial charge in [0.05, 0.1) is 12.1 Å². The van der Waals surface area contributed by atoms with Crippen LogP contribution in [0, 0.1) is 13.8 Å². The first kappa shape index (κ1) is 20.8. The molecule has 2 heterocycles. The van der Waals surface area contributed by atoms with Gasteiger partial charge in [-0.1, -0.05) is 11.6 Å². The standard InChI is InChI=1S/C17H18ClF3N4O2/c1-8-13(10(3)26)9(2)25-14(8)16(27)23-5-4-22-15-12(18)6-11(7-24-15)17(19,20)21/h6-7,25H,4-5H2,1-3H3,(H,22,24)(H,23,27)/p+1. The van der Waals surface area contributed by atoms with Crippen molar-refractivity contribution in [3.63, 3.8) is 0 Å². The summed E-state index contributed by atoms with van der Waals surface area (Å²) in [5, 5.41) is 5.36. The van der Waals surface area contributed by atoms with E-state index in [0.717, 1.165) is 12.3 Å². The normalized spacial score (nSPS) is 11.4. The molecule has 4 N–H and O–H groups in total.